The predicted molar refractivity (Wildman–Crippen MR) is 135 cm³/mol. The van der Waals surface area contributed by atoms with E-state index in [1.165, 1.54) is 24.3 Å². The lowest BCUT2D eigenvalue weighted by Gasteiger charge is -2.05. The van der Waals surface area contributed by atoms with Gasteiger partial charge in [0.05, 0.1) is 54.5 Å². The Morgan fingerprint density at radius 1 is 0.395 bits per heavy atom. The van der Waals surface area contributed by atoms with E-state index in [0.29, 0.717) is 0 Å². The molecule has 0 aliphatic carbocycles. The molecule has 38 heavy (non-hydrogen) atoms. The summed E-state index contributed by atoms with van der Waals surface area (Å²) >= 11 is 0. The minimum absolute atomic E-state index is 0.0144. The van der Waals surface area contributed by atoms with Crippen LogP contribution in [0.1, 0.15) is 0 Å². The van der Waals surface area contributed by atoms with Crippen LogP contribution in [0.4, 0.5) is 0 Å². The van der Waals surface area contributed by atoms with Gasteiger partial charge >= 0.3 is 22.5 Å². The maximum Gasteiger partial charge on any atom is 0.346 e. The lowest BCUT2D eigenvalue weighted by Crippen LogP contribution is -2.26. The van der Waals surface area contributed by atoms with Gasteiger partial charge in [-0.05, 0) is 42.5 Å². The third kappa shape index (κ3) is 2.57. The zero-order valence-corrected chi connectivity index (χ0v) is 18.6. The number of hydrogen-bond acceptors (Lipinski definition) is 10. The highest BCUT2D eigenvalue weighted by molar-refractivity contribution is 5.98. The first-order chi connectivity index (χ1) is 18.2. The quantitative estimate of drug-likeness (QED) is 0.302. The second kappa shape index (κ2) is 6.91. The topological polar surface area (TPSA) is 173 Å². The van der Waals surface area contributed by atoms with Crippen molar-refractivity contribution in [1.29, 1.82) is 0 Å². The Hall–Kier alpha value is -5.78. The van der Waals surface area contributed by atoms with Crippen LogP contribution in [0.25, 0.3) is 54.5 Å². The van der Waals surface area contributed by atoms with E-state index in [1.54, 1.807) is 0 Å². The maximum atomic E-state index is 13.2. The molecular weight excluding hydrogens is 500 g/mol. The summed E-state index contributed by atoms with van der Waals surface area (Å²) in [7, 11) is 0. The third-order valence-electron chi connectivity index (χ3n) is 6.65. The van der Waals surface area contributed by atoms with Crippen LogP contribution in [-0.4, -0.2) is 9.13 Å². The van der Waals surface area contributed by atoms with E-state index in [9.17, 15) is 38.4 Å². The molecule has 7 rings (SSSR count). The van der Waals surface area contributed by atoms with Gasteiger partial charge in [-0.1, -0.05) is 6.07 Å². The van der Waals surface area contributed by atoms with Crippen molar-refractivity contribution in [3.8, 4) is 11.4 Å². The minimum atomic E-state index is -0.931. The standard InChI is InChI=1S/C26H8N2O10/c29-19-11-5-15-16(24(34)37-23(15)33)6-12(11)20(30)27(19)9-2-1-3-10(4-9)28-21(31)13-7-17-18(8-14(13)22(28)32)26(36)38-25(17)35/h1-8H. The molecule has 3 aromatic carbocycles. The first-order valence-electron chi connectivity index (χ1n) is 10.9. The molecule has 4 heterocycles. The number of aromatic nitrogens is 2. The number of fused-ring (bicyclic) bond motifs is 4. The summed E-state index contributed by atoms with van der Waals surface area (Å²) in [6.07, 6.45) is 0. The second-order valence-electron chi connectivity index (χ2n) is 8.65. The zero-order valence-electron chi connectivity index (χ0n) is 18.6. The van der Waals surface area contributed by atoms with Crippen LogP contribution in [0.3, 0.4) is 0 Å². The minimum Gasteiger partial charge on any atom is -0.386 e. The summed E-state index contributed by atoms with van der Waals surface area (Å²) in [5.74, 6) is 0. The first kappa shape index (κ1) is 21.5. The monoisotopic (exact) mass is 508 g/mol. The van der Waals surface area contributed by atoms with Crippen molar-refractivity contribution in [2.24, 2.45) is 0 Å². The van der Waals surface area contributed by atoms with Gasteiger partial charge in [0.25, 0.3) is 22.2 Å². The fraction of sp³-hybridized carbons (Fsp3) is 0. The Morgan fingerprint density at radius 3 is 0.974 bits per heavy atom. The van der Waals surface area contributed by atoms with Crippen LogP contribution < -0.4 is 44.7 Å². The number of hydrogen-bond donors (Lipinski definition) is 0. The molecule has 0 unspecified atom stereocenters. The second-order valence-corrected chi connectivity index (χ2v) is 8.65. The van der Waals surface area contributed by atoms with Crippen molar-refractivity contribution in [1.82, 2.24) is 9.13 Å². The van der Waals surface area contributed by atoms with Gasteiger partial charge in [0.2, 0.25) is 0 Å². The first-order valence-corrected chi connectivity index (χ1v) is 10.9. The van der Waals surface area contributed by atoms with Crippen LogP contribution >= 0.6 is 0 Å². The Bertz CT molecular complexity index is 2300. The molecule has 182 valence electrons. The number of rotatable bonds is 2. The largest absolute Gasteiger partial charge is 0.386 e. The van der Waals surface area contributed by atoms with Crippen molar-refractivity contribution in [3.63, 3.8) is 0 Å². The molecule has 0 aliphatic heterocycles. The van der Waals surface area contributed by atoms with Crippen molar-refractivity contribution in [3.05, 3.63) is 132 Å². The van der Waals surface area contributed by atoms with E-state index in [0.717, 1.165) is 33.4 Å². The van der Waals surface area contributed by atoms with Crippen molar-refractivity contribution in [2.75, 3.05) is 0 Å². The van der Waals surface area contributed by atoms with Gasteiger partial charge in [0, 0.05) is 0 Å². The number of furan rings is 2. The summed E-state index contributed by atoms with van der Waals surface area (Å²) in [5, 5.41) is -0.987. The van der Waals surface area contributed by atoms with Crippen LogP contribution in [0, 0.1) is 0 Å². The molecule has 0 aliphatic rings. The lowest BCUT2D eigenvalue weighted by atomic mass is 10.1. The normalized spacial score (nSPS) is 12.0. The molecule has 0 atom stereocenters. The van der Waals surface area contributed by atoms with E-state index in [1.807, 2.05) is 0 Å². The van der Waals surface area contributed by atoms with E-state index in [-0.39, 0.29) is 54.5 Å². The van der Waals surface area contributed by atoms with Crippen LogP contribution in [0.15, 0.2) is 95.7 Å². The maximum absolute atomic E-state index is 13.2. The highest BCUT2D eigenvalue weighted by Gasteiger charge is 2.21. The van der Waals surface area contributed by atoms with Gasteiger partial charge in [0.15, 0.2) is 0 Å². The molecule has 0 N–H and O–H groups in total. The third-order valence-corrected chi connectivity index (χ3v) is 6.65. The number of nitrogens with zero attached hydrogens (tertiary/aromatic N) is 2. The smallest absolute Gasteiger partial charge is 0.346 e. The van der Waals surface area contributed by atoms with Gasteiger partial charge in [-0.3, -0.25) is 19.2 Å². The molecule has 0 saturated heterocycles. The molecule has 0 saturated carbocycles. The molecule has 0 spiro atoms. The predicted octanol–water partition coefficient (Wildman–Crippen LogP) is -0.300. The zero-order chi connectivity index (χ0) is 26.6. The molecule has 12 heteroatoms. The molecule has 0 amide bonds. The van der Waals surface area contributed by atoms with Crippen molar-refractivity contribution in [2.45, 2.75) is 0 Å². The molecule has 0 bridgehead atoms. The fourth-order valence-corrected chi connectivity index (χ4v) is 4.88. The lowest BCUT2D eigenvalue weighted by molar-refractivity contribution is 0.499. The summed E-state index contributed by atoms with van der Waals surface area (Å²) in [6, 6.07) is 9.98. The molecule has 0 fully saturated rings. The summed E-state index contributed by atoms with van der Waals surface area (Å²) in [5.41, 5.74) is -6.83. The highest BCUT2D eigenvalue weighted by Crippen LogP contribution is 2.19. The van der Waals surface area contributed by atoms with Gasteiger partial charge in [-0.2, -0.15) is 0 Å². The Balaban J connectivity index is 1.49. The van der Waals surface area contributed by atoms with Crippen LogP contribution in [0.2, 0.25) is 0 Å². The van der Waals surface area contributed by atoms with Crippen LogP contribution in [-0.2, 0) is 0 Å². The molecule has 0 radical (unpaired) electrons. The van der Waals surface area contributed by atoms with Gasteiger partial charge in [-0.15, -0.1) is 0 Å². The van der Waals surface area contributed by atoms with Gasteiger partial charge in [0.1, 0.15) is 0 Å². The van der Waals surface area contributed by atoms with E-state index in [4.69, 9.17) is 0 Å². The molecule has 4 aromatic heterocycles. The Kier molecular flexibility index (Phi) is 3.91. The molecular formula is C26H8N2O10. The van der Waals surface area contributed by atoms with Gasteiger partial charge in [-0.25, -0.2) is 28.3 Å². The van der Waals surface area contributed by atoms with E-state index >= 15 is 0 Å². The SMILES string of the molecule is O=c1oc(=O)c2cc3c(=O)n(-c4cccc(-n5c(=O)c6cc7c(=O)oc(=O)c7cc6c5=O)c4)c(=O)c3cc12. The summed E-state index contributed by atoms with van der Waals surface area (Å²) < 4.78 is 10.6. The highest BCUT2D eigenvalue weighted by atomic mass is 16.4. The summed E-state index contributed by atoms with van der Waals surface area (Å²) in [6.45, 7) is 0. The number of benzene rings is 3. The van der Waals surface area contributed by atoms with E-state index < -0.39 is 44.7 Å². The Morgan fingerprint density at radius 2 is 0.684 bits per heavy atom. The molecule has 12 nitrogen and oxygen atoms in total. The molecule has 7 aromatic rings. The average molecular weight is 508 g/mol. The fourth-order valence-electron chi connectivity index (χ4n) is 4.88. The Labute approximate surface area is 204 Å². The van der Waals surface area contributed by atoms with Gasteiger partial charge < -0.3 is 8.83 Å². The van der Waals surface area contributed by atoms with Crippen LogP contribution in [0.5, 0.6) is 0 Å². The van der Waals surface area contributed by atoms with Crippen molar-refractivity contribution >= 4 is 43.1 Å². The summed E-state index contributed by atoms with van der Waals surface area (Å²) in [4.78, 5) is 100. The van der Waals surface area contributed by atoms with Crippen molar-refractivity contribution < 1.29 is 8.83 Å². The van der Waals surface area contributed by atoms with E-state index in [2.05, 4.69) is 8.83 Å². The average Bonchev–Trinajstić information content (AvgIpc) is 3.52.